The van der Waals surface area contributed by atoms with Crippen LogP contribution >= 0.6 is 0 Å². The van der Waals surface area contributed by atoms with Gasteiger partial charge in [0, 0.05) is 32.6 Å². The number of aromatic carboxylic acids is 1. The largest absolute Gasteiger partial charge is 0.478 e. The van der Waals surface area contributed by atoms with Crippen molar-refractivity contribution in [3.05, 3.63) is 59.7 Å². The van der Waals surface area contributed by atoms with E-state index in [-0.39, 0.29) is 17.4 Å². The van der Waals surface area contributed by atoms with E-state index in [1.54, 1.807) is 12.1 Å². The summed E-state index contributed by atoms with van der Waals surface area (Å²) in [6.45, 7) is 4.76. The molecule has 2 heterocycles. The number of carbonyl (C=O) groups excluding carboxylic acids is 2. The summed E-state index contributed by atoms with van der Waals surface area (Å²) < 4.78 is 5.84. The van der Waals surface area contributed by atoms with Gasteiger partial charge in [-0.25, -0.2) is 4.79 Å². The second kappa shape index (κ2) is 12.8. The third-order valence-electron chi connectivity index (χ3n) is 9.24. The number of unbranched alkanes of at least 4 members (excludes halogenated alkanes) is 1. The van der Waals surface area contributed by atoms with Crippen molar-refractivity contribution in [2.75, 3.05) is 19.6 Å². The Morgan fingerprint density at radius 2 is 1.71 bits per heavy atom. The van der Waals surface area contributed by atoms with Gasteiger partial charge in [0.25, 0.3) is 0 Å². The van der Waals surface area contributed by atoms with Crippen molar-refractivity contribution in [3.63, 3.8) is 0 Å². The van der Waals surface area contributed by atoms with Crippen LogP contribution in [0.15, 0.2) is 48.5 Å². The number of piperazine rings is 1. The van der Waals surface area contributed by atoms with Gasteiger partial charge in [-0.05, 0) is 68.0 Å². The summed E-state index contributed by atoms with van der Waals surface area (Å²) in [5.41, 5.74) is -0.438. The Balaban J connectivity index is 1.20. The van der Waals surface area contributed by atoms with E-state index in [0.29, 0.717) is 69.8 Å². The number of benzene rings is 2. The first-order chi connectivity index (χ1) is 20.2. The van der Waals surface area contributed by atoms with Crippen LogP contribution < -0.4 is 10.1 Å². The summed E-state index contributed by atoms with van der Waals surface area (Å²) in [7, 11) is 0. The van der Waals surface area contributed by atoms with E-state index in [4.69, 9.17) is 4.74 Å². The van der Waals surface area contributed by atoms with Crippen LogP contribution in [0.25, 0.3) is 0 Å². The number of ether oxygens (including phenoxy) is 1. The number of hydrogen-bond acceptors (Lipinski definition) is 6. The molecule has 2 aliphatic heterocycles. The van der Waals surface area contributed by atoms with Crippen LogP contribution in [0.5, 0.6) is 11.5 Å². The predicted molar refractivity (Wildman–Crippen MR) is 158 cm³/mol. The van der Waals surface area contributed by atoms with Gasteiger partial charge >= 0.3 is 5.97 Å². The second-order valence-corrected chi connectivity index (χ2v) is 12.2. The SMILES string of the molecule is CCCCN1C(=O)[C@@H](CC2(O)CCCCC2)NC(=O)C12CCN(Cc1ccc(Oc3cccc(C(=O)O)c3)cc1)CC2. The van der Waals surface area contributed by atoms with Crippen molar-refractivity contribution >= 4 is 17.8 Å². The highest BCUT2D eigenvalue weighted by Crippen LogP contribution is 2.37. The zero-order valence-electron chi connectivity index (χ0n) is 24.5. The highest BCUT2D eigenvalue weighted by Gasteiger charge is 2.54. The monoisotopic (exact) mass is 577 g/mol. The molecule has 42 heavy (non-hydrogen) atoms. The number of carboxylic acids is 1. The van der Waals surface area contributed by atoms with E-state index >= 15 is 0 Å². The molecule has 2 saturated heterocycles. The van der Waals surface area contributed by atoms with Crippen LogP contribution in [0.4, 0.5) is 0 Å². The van der Waals surface area contributed by atoms with Crippen LogP contribution in [0.3, 0.4) is 0 Å². The van der Waals surface area contributed by atoms with E-state index in [1.165, 1.54) is 12.1 Å². The molecule has 0 unspecified atom stereocenters. The number of likely N-dealkylation sites (tertiary alicyclic amines) is 1. The van der Waals surface area contributed by atoms with E-state index in [0.717, 1.165) is 37.7 Å². The summed E-state index contributed by atoms with van der Waals surface area (Å²) in [6, 6.07) is 13.5. The zero-order valence-corrected chi connectivity index (χ0v) is 24.5. The minimum absolute atomic E-state index is 0.0417. The van der Waals surface area contributed by atoms with Crippen LogP contribution in [0, 0.1) is 0 Å². The summed E-state index contributed by atoms with van der Waals surface area (Å²) >= 11 is 0. The summed E-state index contributed by atoms with van der Waals surface area (Å²) in [4.78, 5) is 42.9. The Labute approximate surface area is 247 Å². The Hall–Kier alpha value is -3.43. The standard InChI is InChI=1S/C33H43N3O6/c1-2-3-18-36-29(37)28(22-32(41)14-5-4-6-15-32)34-31(40)33(36)16-19-35(20-17-33)23-24-10-12-26(13-11-24)42-27-9-7-8-25(21-27)30(38)39/h7-13,21,28,41H,2-6,14-20,22-23H2,1H3,(H,34,40)(H,38,39)/t28-/m1/s1. The number of nitrogens with zero attached hydrogens (tertiary/aromatic N) is 2. The number of aliphatic hydroxyl groups is 1. The molecule has 3 aliphatic rings. The molecule has 2 aromatic rings. The van der Waals surface area contributed by atoms with E-state index in [1.807, 2.05) is 29.2 Å². The quantitative estimate of drug-likeness (QED) is 0.374. The maximum Gasteiger partial charge on any atom is 0.335 e. The van der Waals surface area contributed by atoms with Gasteiger partial charge in [-0.15, -0.1) is 0 Å². The van der Waals surface area contributed by atoms with Crippen molar-refractivity contribution in [2.24, 2.45) is 0 Å². The molecule has 3 N–H and O–H groups in total. The number of rotatable bonds is 10. The van der Waals surface area contributed by atoms with Crippen LogP contribution in [-0.2, 0) is 16.1 Å². The third-order valence-corrected chi connectivity index (χ3v) is 9.24. The normalized spacial score (nSPS) is 22.1. The Morgan fingerprint density at radius 1 is 1.00 bits per heavy atom. The minimum Gasteiger partial charge on any atom is -0.478 e. The first-order valence-electron chi connectivity index (χ1n) is 15.4. The molecule has 9 heteroatoms. The lowest BCUT2D eigenvalue weighted by molar-refractivity contribution is -0.163. The average molecular weight is 578 g/mol. The van der Waals surface area contributed by atoms with Gasteiger partial charge in [0.15, 0.2) is 0 Å². The second-order valence-electron chi connectivity index (χ2n) is 12.2. The number of piperidine rings is 1. The predicted octanol–water partition coefficient (Wildman–Crippen LogP) is 4.72. The fraction of sp³-hybridized carbons (Fsp3) is 0.545. The minimum atomic E-state index is -1.000. The zero-order chi connectivity index (χ0) is 29.7. The molecule has 1 spiro atoms. The molecule has 5 rings (SSSR count). The molecule has 0 aromatic heterocycles. The average Bonchev–Trinajstić information content (AvgIpc) is 2.98. The maximum atomic E-state index is 13.8. The Kier molecular flexibility index (Phi) is 9.18. The summed E-state index contributed by atoms with van der Waals surface area (Å²) in [5.74, 6) is -0.0291. The van der Waals surface area contributed by atoms with Crippen molar-refractivity contribution in [3.8, 4) is 11.5 Å². The summed E-state index contributed by atoms with van der Waals surface area (Å²) in [5, 5.41) is 23.4. The Morgan fingerprint density at radius 3 is 2.38 bits per heavy atom. The molecule has 0 bridgehead atoms. The van der Waals surface area contributed by atoms with Crippen molar-refractivity contribution in [1.29, 1.82) is 0 Å². The number of amides is 2. The van der Waals surface area contributed by atoms with Gasteiger partial charge in [-0.1, -0.05) is 50.8 Å². The van der Waals surface area contributed by atoms with Gasteiger partial charge in [0.1, 0.15) is 23.1 Å². The van der Waals surface area contributed by atoms with Gasteiger partial charge in [0.2, 0.25) is 11.8 Å². The van der Waals surface area contributed by atoms with Crippen LogP contribution in [-0.4, -0.2) is 74.6 Å². The van der Waals surface area contributed by atoms with Crippen LogP contribution in [0.1, 0.15) is 87.1 Å². The molecule has 1 atom stereocenters. The number of carbonyl (C=O) groups is 3. The van der Waals surface area contributed by atoms with Gasteiger partial charge in [-0.3, -0.25) is 14.5 Å². The smallest absolute Gasteiger partial charge is 0.335 e. The number of carboxylic acid groups (broad SMARTS) is 1. The highest BCUT2D eigenvalue weighted by atomic mass is 16.5. The number of nitrogens with one attached hydrogen (secondary N) is 1. The molecule has 1 saturated carbocycles. The lowest BCUT2D eigenvalue weighted by Gasteiger charge is -2.52. The van der Waals surface area contributed by atoms with Crippen molar-refractivity contribution in [2.45, 2.75) is 94.9 Å². The molecular formula is C33H43N3O6. The van der Waals surface area contributed by atoms with Crippen LogP contribution in [0.2, 0.25) is 0 Å². The highest BCUT2D eigenvalue weighted by molar-refractivity contribution is 6.00. The van der Waals surface area contributed by atoms with Gasteiger partial charge in [0.05, 0.1) is 11.2 Å². The van der Waals surface area contributed by atoms with Crippen molar-refractivity contribution < 1.29 is 29.3 Å². The molecular weight excluding hydrogens is 534 g/mol. The van der Waals surface area contributed by atoms with Crippen molar-refractivity contribution in [1.82, 2.24) is 15.1 Å². The molecule has 2 amide bonds. The van der Waals surface area contributed by atoms with E-state index in [2.05, 4.69) is 17.1 Å². The topological polar surface area (TPSA) is 119 Å². The fourth-order valence-electron chi connectivity index (χ4n) is 6.78. The summed E-state index contributed by atoms with van der Waals surface area (Å²) in [6.07, 6.45) is 7.63. The number of hydrogen-bond donors (Lipinski definition) is 3. The molecule has 1 aliphatic carbocycles. The van der Waals surface area contributed by atoms with E-state index < -0.39 is 23.2 Å². The lowest BCUT2D eigenvalue weighted by atomic mass is 9.77. The fourth-order valence-corrected chi connectivity index (χ4v) is 6.78. The maximum absolute atomic E-state index is 13.8. The van der Waals surface area contributed by atoms with E-state index in [9.17, 15) is 24.6 Å². The van der Waals surface area contributed by atoms with Gasteiger partial charge in [-0.2, -0.15) is 0 Å². The first kappa shape index (κ1) is 30.0. The molecule has 2 aromatic carbocycles. The first-order valence-corrected chi connectivity index (χ1v) is 15.4. The molecule has 0 radical (unpaired) electrons. The Bertz CT molecular complexity index is 1260. The third kappa shape index (κ3) is 6.63. The molecule has 9 nitrogen and oxygen atoms in total. The lowest BCUT2D eigenvalue weighted by Crippen LogP contribution is -2.73. The molecule has 226 valence electrons. The molecule has 3 fully saturated rings. The van der Waals surface area contributed by atoms with Gasteiger partial charge < -0.3 is 25.2 Å².